The van der Waals surface area contributed by atoms with E-state index >= 15 is 0 Å². The maximum atomic E-state index is 13.5. The van der Waals surface area contributed by atoms with E-state index in [1.807, 2.05) is 18.2 Å². The van der Waals surface area contributed by atoms with E-state index in [1.54, 1.807) is 12.1 Å². The van der Waals surface area contributed by atoms with Crippen molar-refractivity contribution in [1.29, 1.82) is 0 Å². The minimum absolute atomic E-state index is 0.0222. The molecule has 0 radical (unpaired) electrons. The predicted molar refractivity (Wildman–Crippen MR) is 75.2 cm³/mol. The van der Waals surface area contributed by atoms with E-state index in [0.29, 0.717) is 5.82 Å². The molecular weight excluding hydrogens is 306 g/mol. The molecule has 0 unspecified atom stereocenters. The van der Waals surface area contributed by atoms with E-state index in [4.69, 9.17) is 9.26 Å². The summed E-state index contributed by atoms with van der Waals surface area (Å²) in [5.74, 6) is -2.78. The van der Waals surface area contributed by atoms with Crippen LogP contribution in [-0.4, -0.2) is 16.1 Å². The zero-order chi connectivity index (χ0) is 16.2. The van der Waals surface area contributed by atoms with Crippen molar-refractivity contribution in [1.82, 2.24) is 10.1 Å². The summed E-state index contributed by atoms with van der Waals surface area (Å²) in [6.07, 6.45) is 0. The monoisotopic (exact) mass is 316 g/mol. The first-order chi connectivity index (χ1) is 11.1. The zero-order valence-corrected chi connectivity index (χ0v) is 11.7. The molecule has 3 aromatic rings. The van der Waals surface area contributed by atoms with Gasteiger partial charge in [0.05, 0.1) is 0 Å². The number of esters is 1. The van der Waals surface area contributed by atoms with Crippen LogP contribution in [0.1, 0.15) is 16.2 Å². The fourth-order valence-corrected chi connectivity index (χ4v) is 1.91. The van der Waals surface area contributed by atoms with Gasteiger partial charge in [-0.15, -0.1) is 0 Å². The number of nitrogens with zero attached hydrogens (tertiary/aromatic N) is 2. The van der Waals surface area contributed by atoms with Gasteiger partial charge in [-0.1, -0.05) is 41.6 Å². The average molecular weight is 316 g/mol. The van der Waals surface area contributed by atoms with Crippen molar-refractivity contribution in [2.45, 2.75) is 6.61 Å². The Morgan fingerprint density at radius 1 is 1.04 bits per heavy atom. The lowest BCUT2D eigenvalue weighted by molar-refractivity contribution is 0.0418. The normalized spacial score (nSPS) is 10.5. The van der Waals surface area contributed by atoms with Crippen molar-refractivity contribution >= 4 is 5.97 Å². The molecule has 0 aliphatic rings. The first kappa shape index (κ1) is 14.8. The Bertz CT molecular complexity index is 814. The molecule has 7 heteroatoms. The fourth-order valence-electron chi connectivity index (χ4n) is 1.91. The van der Waals surface area contributed by atoms with Crippen molar-refractivity contribution in [2.75, 3.05) is 0 Å². The first-order valence-electron chi connectivity index (χ1n) is 6.64. The molecule has 0 N–H and O–H groups in total. The molecule has 0 fully saturated rings. The van der Waals surface area contributed by atoms with Crippen molar-refractivity contribution in [3.63, 3.8) is 0 Å². The first-order valence-corrected chi connectivity index (χ1v) is 6.64. The summed E-state index contributed by atoms with van der Waals surface area (Å²) < 4.78 is 36.7. The summed E-state index contributed by atoms with van der Waals surface area (Å²) in [6.45, 7) is -0.382. The number of carbonyl (C=O) groups is 1. The Morgan fingerprint density at radius 2 is 1.74 bits per heavy atom. The smallest absolute Gasteiger partial charge is 0.344 e. The molecular formula is C16H10F2N2O3. The van der Waals surface area contributed by atoms with Gasteiger partial charge in [0.15, 0.2) is 6.61 Å². The molecule has 23 heavy (non-hydrogen) atoms. The van der Waals surface area contributed by atoms with Crippen LogP contribution in [0.2, 0.25) is 0 Å². The maximum Gasteiger partial charge on any atom is 0.344 e. The molecule has 2 aromatic carbocycles. The topological polar surface area (TPSA) is 65.2 Å². The number of rotatable bonds is 4. The highest BCUT2D eigenvalue weighted by Crippen LogP contribution is 2.17. The second-order valence-corrected chi connectivity index (χ2v) is 4.55. The number of hydrogen-bond acceptors (Lipinski definition) is 5. The minimum Gasteiger partial charge on any atom is -0.452 e. The van der Waals surface area contributed by atoms with Crippen molar-refractivity contribution in [3.8, 4) is 11.4 Å². The molecule has 0 bridgehead atoms. The molecule has 0 saturated carbocycles. The Balaban J connectivity index is 1.70. The van der Waals surface area contributed by atoms with Crippen molar-refractivity contribution in [3.05, 3.63) is 71.6 Å². The number of benzene rings is 2. The average Bonchev–Trinajstić information content (AvgIpc) is 3.02. The van der Waals surface area contributed by atoms with Crippen molar-refractivity contribution < 1.29 is 22.8 Å². The summed E-state index contributed by atoms with van der Waals surface area (Å²) in [5, 5.41) is 3.75. The summed E-state index contributed by atoms with van der Waals surface area (Å²) in [4.78, 5) is 15.8. The van der Waals surface area contributed by atoms with Gasteiger partial charge in [0.25, 0.3) is 5.89 Å². The second-order valence-electron chi connectivity index (χ2n) is 4.55. The van der Waals surface area contributed by atoms with E-state index in [9.17, 15) is 13.6 Å². The maximum absolute atomic E-state index is 13.5. The lowest BCUT2D eigenvalue weighted by Crippen LogP contribution is -2.10. The number of carbonyl (C=O) groups excluding carboxylic acids is 1. The van der Waals surface area contributed by atoms with Gasteiger partial charge in [-0.3, -0.25) is 0 Å². The number of halogens is 2. The molecule has 0 spiro atoms. The third-order valence-corrected chi connectivity index (χ3v) is 2.99. The highest BCUT2D eigenvalue weighted by atomic mass is 19.1. The molecule has 0 aliphatic heterocycles. The Hall–Kier alpha value is -3.09. The van der Waals surface area contributed by atoms with E-state index < -0.39 is 23.2 Å². The van der Waals surface area contributed by atoms with Crippen LogP contribution >= 0.6 is 0 Å². The zero-order valence-electron chi connectivity index (χ0n) is 11.7. The number of ether oxygens (including phenoxy) is 1. The van der Waals surface area contributed by atoms with Crippen LogP contribution in [0.5, 0.6) is 0 Å². The fraction of sp³-hybridized carbons (Fsp3) is 0.0625. The predicted octanol–water partition coefficient (Wildman–Crippen LogP) is 3.37. The highest BCUT2D eigenvalue weighted by molar-refractivity contribution is 5.89. The molecule has 3 rings (SSSR count). The van der Waals surface area contributed by atoms with Gasteiger partial charge in [0.2, 0.25) is 5.82 Å². The summed E-state index contributed by atoms with van der Waals surface area (Å²) >= 11 is 0. The Morgan fingerprint density at radius 3 is 2.43 bits per heavy atom. The van der Waals surface area contributed by atoms with Crippen molar-refractivity contribution in [2.24, 2.45) is 0 Å². The highest BCUT2D eigenvalue weighted by Gasteiger charge is 2.19. The van der Waals surface area contributed by atoms with E-state index in [2.05, 4.69) is 10.1 Å². The molecule has 116 valence electrons. The number of hydrogen-bond donors (Lipinski definition) is 0. The van der Waals surface area contributed by atoms with Gasteiger partial charge in [0, 0.05) is 5.56 Å². The SMILES string of the molecule is O=C(OCc1nc(-c2ccccc2)no1)c1c(F)cccc1F. The molecule has 1 aromatic heterocycles. The Labute approximate surface area is 129 Å². The molecule has 1 heterocycles. The largest absolute Gasteiger partial charge is 0.452 e. The van der Waals surface area contributed by atoms with Crippen LogP contribution in [0.25, 0.3) is 11.4 Å². The van der Waals surface area contributed by atoms with Gasteiger partial charge in [-0.25, -0.2) is 13.6 Å². The molecule has 0 atom stereocenters. The lowest BCUT2D eigenvalue weighted by Gasteiger charge is -2.04. The second kappa shape index (κ2) is 6.35. The lowest BCUT2D eigenvalue weighted by atomic mass is 10.2. The van der Waals surface area contributed by atoms with Gasteiger partial charge in [0.1, 0.15) is 17.2 Å². The van der Waals surface area contributed by atoms with Crippen LogP contribution in [-0.2, 0) is 11.3 Å². The third kappa shape index (κ3) is 3.23. The van der Waals surface area contributed by atoms with Crippen LogP contribution < -0.4 is 0 Å². The molecule has 5 nitrogen and oxygen atoms in total. The van der Waals surface area contributed by atoms with Crippen LogP contribution in [0.15, 0.2) is 53.1 Å². The van der Waals surface area contributed by atoms with Crippen LogP contribution in [0.3, 0.4) is 0 Å². The van der Waals surface area contributed by atoms with Gasteiger partial charge < -0.3 is 9.26 Å². The van der Waals surface area contributed by atoms with E-state index in [-0.39, 0.29) is 12.5 Å². The molecule has 0 amide bonds. The van der Waals surface area contributed by atoms with Gasteiger partial charge >= 0.3 is 5.97 Å². The summed E-state index contributed by atoms with van der Waals surface area (Å²) in [7, 11) is 0. The molecule has 0 saturated heterocycles. The standard InChI is InChI=1S/C16H10F2N2O3/c17-11-7-4-8-12(18)14(11)16(21)22-9-13-19-15(20-23-13)10-5-2-1-3-6-10/h1-8H,9H2. The van der Waals surface area contributed by atoms with E-state index in [1.165, 1.54) is 0 Å². The summed E-state index contributed by atoms with van der Waals surface area (Å²) in [5.41, 5.74) is -0.0238. The number of aromatic nitrogens is 2. The van der Waals surface area contributed by atoms with Crippen LogP contribution in [0.4, 0.5) is 8.78 Å². The van der Waals surface area contributed by atoms with Crippen LogP contribution in [0, 0.1) is 11.6 Å². The van der Waals surface area contributed by atoms with Gasteiger partial charge in [-0.2, -0.15) is 4.98 Å². The van der Waals surface area contributed by atoms with Gasteiger partial charge in [-0.05, 0) is 12.1 Å². The quantitative estimate of drug-likeness (QED) is 0.690. The third-order valence-electron chi connectivity index (χ3n) is 2.99. The summed E-state index contributed by atoms with van der Waals surface area (Å²) in [6, 6.07) is 12.1. The van der Waals surface area contributed by atoms with E-state index in [0.717, 1.165) is 23.8 Å². The minimum atomic E-state index is -1.14. The Kier molecular flexibility index (Phi) is 4.09. The molecule has 0 aliphatic carbocycles.